The van der Waals surface area contributed by atoms with Gasteiger partial charge in [-0.05, 0) is 13.0 Å². The quantitative estimate of drug-likeness (QED) is 0.175. The molecule has 0 aliphatic rings. The number of carbonyl (C=O) groups excluding carboxylic acids is 2. The van der Waals surface area contributed by atoms with Gasteiger partial charge in [0.05, 0.1) is 32.5 Å². The average molecular weight is 349 g/mol. The Morgan fingerprint density at radius 1 is 1.04 bits per heavy atom. The van der Waals surface area contributed by atoms with Crippen LogP contribution in [-0.4, -0.2) is 89.5 Å². The standard InChI is InChI=1S/C15H27NO8/c1-3-12(19)16-5-7-24-9-8-23-6-4-11(18)14(21)15(22)13(20)10(2)17/h3,10,13-15,17,20-22H,1,4-9H2,2H3,(H,16,19)/t10-,13+,14+,15+/m0/s1. The van der Waals surface area contributed by atoms with Crippen molar-refractivity contribution < 1.29 is 39.5 Å². The number of ether oxygens (including phenoxy) is 2. The summed E-state index contributed by atoms with van der Waals surface area (Å²) >= 11 is 0. The Morgan fingerprint density at radius 3 is 2.17 bits per heavy atom. The monoisotopic (exact) mass is 349 g/mol. The number of hydrogen-bond acceptors (Lipinski definition) is 8. The topological polar surface area (TPSA) is 146 Å². The molecular formula is C15H27NO8. The molecule has 0 radical (unpaired) electrons. The van der Waals surface area contributed by atoms with Gasteiger partial charge in [0.15, 0.2) is 5.78 Å². The van der Waals surface area contributed by atoms with Crippen LogP contribution >= 0.6 is 0 Å². The first-order valence-corrected chi connectivity index (χ1v) is 7.62. The van der Waals surface area contributed by atoms with E-state index in [-0.39, 0.29) is 32.1 Å². The third-order valence-electron chi connectivity index (χ3n) is 3.09. The number of hydrogen-bond donors (Lipinski definition) is 5. The van der Waals surface area contributed by atoms with E-state index in [2.05, 4.69) is 11.9 Å². The van der Waals surface area contributed by atoms with Gasteiger partial charge in [0.2, 0.25) is 5.91 Å². The highest BCUT2D eigenvalue weighted by atomic mass is 16.5. The maximum atomic E-state index is 11.6. The van der Waals surface area contributed by atoms with Gasteiger partial charge in [0.25, 0.3) is 0 Å². The molecule has 0 spiro atoms. The minimum Gasteiger partial charge on any atom is -0.391 e. The van der Waals surface area contributed by atoms with Crippen molar-refractivity contribution in [1.82, 2.24) is 5.32 Å². The third kappa shape index (κ3) is 9.71. The molecule has 9 nitrogen and oxygen atoms in total. The van der Waals surface area contributed by atoms with Gasteiger partial charge in [-0.3, -0.25) is 9.59 Å². The van der Waals surface area contributed by atoms with Crippen LogP contribution in [0.4, 0.5) is 0 Å². The van der Waals surface area contributed by atoms with E-state index in [1.54, 1.807) is 0 Å². The Kier molecular flexibility index (Phi) is 12.3. The van der Waals surface area contributed by atoms with Crippen LogP contribution in [0.1, 0.15) is 13.3 Å². The molecule has 0 aliphatic heterocycles. The van der Waals surface area contributed by atoms with Crippen LogP contribution in [0.5, 0.6) is 0 Å². The number of aliphatic hydroxyl groups excluding tert-OH is 4. The zero-order valence-electron chi connectivity index (χ0n) is 13.8. The van der Waals surface area contributed by atoms with Crippen molar-refractivity contribution in [2.75, 3.05) is 33.0 Å². The number of carbonyl (C=O) groups is 2. The zero-order valence-corrected chi connectivity index (χ0v) is 13.8. The fourth-order valence-corrected chi connectivity index (χ4v) is 1.62. The van der Waals surface area contributed by atoms with Crippen molar-refractivity contribution in [3.63, 3.8) is 0 Å². The first kappa shape index (κ1) is 22.6. The summed E-state index contributed by atoms with van der Waals surface area (Å²) in [6.07, 6.45) is -5.42. The van der Waals surface area contributed by atoms with Gasteiger partial charge in [-0.2, -0.15) is 0 Å². The minimum atomic E-state index is -1.79. The van der Waals surface area contributed by atoms with E-state index in [1.807, 2.05) is 0 Å². The number of Topliss-reactive ketones (excluding diaryl/α,β-unsaturated/α-hetero) is 1. The maximum Gasteiger partial charge on any atom is 0.243 e. The minimum absolute atomic E-state index is 0.0178. The van der Waals surface area contributed by atoms with Gasteiger partial charge in [-0.25, -0.2) is 0 Å². The summed E-state index contributed by atoms with van der Waals surface area (Å²) in [5, 5.41) is 40.1. The smallest absolute Gasteiger partial charge is 0.243 e. The molecule has 0 bridgehead atoms. The van der Waals surface area contributed by atoms with Gasteiger partial charge >= 0.3 is 0 Å². The Hall–Kier alpha value is -1.36. The van der Waals surface area contributed by atoms with Crippen molar-refractivity contribution >= 4 is 11.7 Å². The Labute approximate surface area is 140 Å². The average Bonchev–Trinajstić information content (AvgIpc) is 2.57. The zero-order chi connectivity index (χ0) is 18.5. The van der Waals surface area contributed by atoms with Crippen molar-refractivity contribution in [2.24, 2.45) is 0 Å². The molecule has 9 heteroatoms. The van der Waals surface area contributed by atoms with E-state index in [1.165, 1.54) is 6.92 Å². The number of aliphatic hydroxyl groups is 4. The van der Waals surface area contributed by atoms with Gasteiger partial charge in [-0.1, -0.05) is 6.58 Å². The Balaban J connectivity index is 3.68. The molecule has 0 saturated heterocycles. The van der Waals surface area contributed by atoms with E-state index in [4.69, 9.17) is 14.6 Å². The molecule has 0 saturated carbocycles. The highest BCUT2D eigenvalue weighted by molar-refractivity contribution is 5.86. The third-order valence-corrected chi connectivity index (χ3v) is 3.09. The highest BCUT2D eigenvalue weighted by Crippen LogP contribution is 2.07. The number of nitrogens with one attached hydrogen (secondary N) is 1. The highest BCUT2D eigenvalue weighted by Gasteiger charge is 2.32. The lowest BCUT2D eigenvalue weighted by molar-refractivity contribution is -0.144. The van der Waals surface area contributed by atoms with Crippen LogP contribution in [0, 0.1) is 0 Å². The van der Waals surface area contributed by atoms with Crippen LogP contribution < -0.4 is 5.32 Å². The summed E-state index contributed by atoms with van der Waals surface area (Å²) < 4.78 is 10.3. The van der Waals surface area contributed by atoms with Crippen LogP contribution in [0.2, 0.25) is 0 Å². The molecule has 0 aromatic heterocycles. The summed E-state index contributed by atoms with van der Waals surface area (Å²) in [7, 11) is 0. The molecule has 0 unspecified atom stereocenters. The lowest BCUT2D eigenvalue weighted by Gasteiger charge is -2.23. The molecular weight excluding hydrogens is 322 g/mol. The number of ketones is 1. The first-order valence-electron chi connectivity index (χ1n) is 7.62. The summed E-state index contributed by atoms with van der Waals surface area (Å²) in [5.41, 5.74) is 0. The first-order chi connectivity index (χ1) is 11.3. The SMILES string of the molecule is C=CC(=O)NCCOCCOCCC(=O)[C@@H](O)[C@H](O)[C@H](O)[C@H](C)O. The van der Waals surface area contributed by atoms with Crippen LogP contribution in [0.15, 0.2) is 12.7 Å². The Bertz CT molecular complexity index is 388. The van der Waals surface area contributed by atoms with Crippen LogP contribution in [-0.2, 0) is 19.1 Å². The second-order valence-electron chi connectivity index (χ2n) is 5.10. The van der Waals surface area contributed by atoms with Gasteiger partial charge in [-0.15, -0.1) is 0 Å². The van der Waals surface area contributed by atoms with E-state index in [9.17, 15) is 24.9 Å². The molecule has 1 amide bonds. The van der Waals surface area contributed by atoms with Crippen LogP contribution in [0.3, 0.4) is 0 Å². The molecule has 0 aromatic rings. The summed E-state index contributed by atoms with van der Waals surface area (Å²) in [5.74, 6) is -0.981. The van der Waals surface area contributed by atoms with E-state index < -0.39 is 30.2 Å². The predicted octanol–water partition coefficient (Wildman–Crippen LogP) is -2.26. The summed E-state index contributed by atoms with van der Waals surface area (Å²) in [6, 6.07) is 0. The molecule has 0 aromatic carbocycles. The fourth-order valence-electron chi connectivity index (χ4n) is 1.62. The van der Waals surface area contributed by atoms with Crippen molar-refractivity contribution in [3.05, 3.63) is 12.7 Å². The summed E-state index contributed by atoms with van der Waals surface area (Å²) in [6.45, 7) is 5.70. The van der Waals surface area contributed by atoms with Gasteiger partial charge in [0.1, 0.15) is 18.3 Å². The summed E-state index contributed by atoms with van der Waals surface area (Å²) in [4.78, 5) is 22.4. The normalized spacial score (nSPS) is 16.0. The lowest BCUT2D eigenvalue weighted by atomic mass is 10.00. The lowest BCUT2D eigenvalue weighted by Crippen LogP contribution is -2.46. The molecule has 140 valence electrons. The van der Waals surface area contributed by atoms with Gasteiger partial charge < -0.3 is 35.2 Å². The van der Waals surface area contributed by atoms with Crippen molar-refractivity contribution in [2.45, 2.75) is 37.8 Å². The molecule has 4 atom stereocenters. The van der Waals surface area contributed by atoms with E-state index in [0.717, 1.165) is 6.08 Å². The van der Waals surface area contributed by atoms with Gasteiger partial charge in [0, 0.05) is 13.0 Å². The maximum absolute atomic E-state index is 11.6. The molecule has 0 fully saturated rings. The van der Waals surface area contributed by atoms with E-state index in [0.29, 0.717) is 13.2 Å². The second kappa shape index (κ2) is 13.0. The Morgan fingerprint density at radius 2 is 1.62 bits per heavy atom. The second-order valence-corrected chi connectivity index (χ2v) is 5.10. The number of amides is 1. The fraction of sp³-hybridized carbons (Fsp3) is 0.733. The predicted molar refractivity (Wildman–Crippen MR) is 84.2 cm³/mol. The molecule has 0 heterocycles. The van der Waals surface area contributed by atoms with Crippen molar-refractivity contribution in [3.8, 4) is 0 Å². The molecule has 0 aliphatic carbocycles. The number of rotatable bonds is 14. The largest absolute Gasteiger partial charge is 0.391 e. The van der Waals surface area contributed by atoms with E-state index >= 15 is 0 Å². The molecule has 5 N–H and O–H groups in total. The molecule has 0 rings (SSSR count). The molecule has 24 heavy (non-hydrogen) atoms. The van der Waals surface area contributed by atoms with Crippen LogP contribution in [0.25, 0.3) is 0 Å². The van der Waals surface area contributed by atoms with Crippen molar-refractivity contribution in [1.29, 1.82) is 0 Å².